The fourth-order valence-electron chi connectivity index (χ4n) is 3.74. The molecular weight excluding hydrogens is 312 g/mol. The zero-order valence-corrected chi connectivity index (χ0v) is 16.8. The second kappa shape index (κ2) is 9.37. The highest BCUT2D eigenvalue weighted by Gasteiger charge is 2.23. The Morgan fingerprint density at radius 2 is 1.96 bits per heavy atom. The molecule has 0 spiro atoms. The van der Waals surface area contributed by atoms with Gasteiger partial charge in [0.1, 0.15) is 0 Å². The van der Waals surface area contributed by atoms with Crippen molar-refractivity contribution in [3.05, 3.63) is 17.0 Å². The van der Waals surface area contributed by atoms with Crippen molar-refractivity contribution in [3.8, 4) is 0 Å². The summed E-state index contributed by atoms with van der Waals surface area (Å²) in [6, 6.07) is 0. The number of hydrogen-bond acceptors (Lipinski definition) is 3. The molecule has 2 rings (SSSR count). The largest absolute Gasteiger partial charge is 0.343 e. The van der Waals surface area contributed by atoms with Crippen LogP contribution in [0.5, 0.6) is 0 Å². The van der Waals surface area contributed by atoms with Gasteiger partial charge >= 0.3 is 0 Å². The molecule has 1 aliphatic heterocycles. The fourth-order valence-corrected chi connectivity index (χ4v) is 3.74. The molecule has 1 aromatic heterocycles. The van der Waals surface area contributed by atoms with Gasteiger partial charge in [0.05, 0.1) is 5.69 Å². The van der Waals surface area contributed by atoms with E-state index < -0.39 is 0 Å². The Morgan fingerprint density at radius 1 is 1.28 bits per heavy atom. The molecule has 1 N–H and O–H groups in total. The van der Waals surface area contributed by atoms with E-state index in [1.165, 1.54) is 11.3 Å². The lowest BCUT2D eigenvalue weighted by atomic mass is 9.96. The first-order valence-corrected chi connectivity index (χ1v) is 9.93. The van der Waals surface area contributed by atoms with Crippen LogP contribution in [0.3, 0.4) is 0 Å². The molecule has 0 bridgehead atoms. The second-order valence-electron chi connectivity index (χ2n) is 7.86. The molecule has 1 saturated heterocycles. The Hall–Kier alpha value is -1.36. The third-order valence-corrected chi connectivity index (χ3v) is 5.31. The molecule has 0 aliphatic carbocycles. The van der Waals surface area contributed by atoms with E-state index in [4.69, 9.17) is 0 Å². The van der Waals surface area contributed by atoms with Gasteiger partial charge in [-0.15, -0.1) is 0 Å². The van der Waals surface area contributed by atoms with Crippen molar-refractivity contribution in [3.63, 3.8) is 0 Å². The first-order valence-electron chi connectivity index (χ1n) is 9.93. The number of carbonyl (C=O) groups is 1. The summed E-state index contributed by atoms with van der Waals surface area (Å²) in [6.07, 6.45) is 3.67. The minimum absolute atomic E-state index is 0.303. The normalized spacial score (nSPS) is 16.0. The van der Waals surface area contributed by atoms with E-state index >= 15 is 0 Å². The zero-order valence-electron chi connectivity index (χ0n) is 16.8. The highest BCUT2D eigenvalue weighted by atomic mass is 16.2. The van der Waals surface area contributed by atoms with Gasteiger partial charge in [-0.2, -0.15) is 5.10 Å². The highest BCUT2D eigenvalue weighted by molar-refractivity contribution is 5.76. The van der Waals surface area contributed by atoms with E-state index in [0.717, 1.165) is 63.6 Å². The van der Waals surface area contributed by atoms with Gasteiger partial charge in [0.2, 0.25) is 5.91 Å². The van der Waals surface area contributed by atoms with Gasteiger partial charge in [0.25, 0.3) is 0 Å². The quantitative estimate of drug-likeness (QED) is 0.786. The topological polar surface area (TPSA) is 50.2 Å². The summed E-state index contributed by atoms with van der Waals surface area (Å²) in [5.41, 5.74) is 3.56. The molecule has 0 atom stereocenters. The number of aryl methyl sites for hydroxylation is 1. The summed E-state index contributed by atoms with van der Waals surface area (Å²) >= 11 is 0. The molecule has 0 saturated carbocycles. The molecule has 0 aromatic carbocycles. The lowest BCUT2D eigenvalue weighted by molar-refractivity contribution is -0.132. The molecule has 5 heteroatoms. The summed E-state index contributed by atoms with van der Waals surface area (Å²) in [6.45, 7) is 15.7. The maximum Gasteiger partial charge on any atom is 0.222 e. The van der Waals surface area contributed by atoms with Crippen LogP contribution in [0.4, 0.5) is 0 Å². The number of rotatable bonds is 8. The number of carbonyl (C=O) groups excluding carboxylic acids is 1. The molecule has 1 aromatic rings. The van der Waals surface area contributed by atoms with E-state index in [-0.39, 0.29) is 0 Å². The molecule has 0 unspecified atom stereocenters. The van der Waals surface area contributed by atoms with Crippen molar-refractivity contribution in [2.75, 3.05) is 26.2 Å². The molecule has 142 valence electrons. The number of aromatic nitrogens is 2. The Labute approximate surface area is 153 Å². The first-order chi connectivity index (χ1) is 11.9. The Balaban J connectivity index is 1.84. The number of amides is 1. The molecule has 0 radical (unpaired) electrons. The van der Waals surface area contributed by atoms with Crippen LogP contribution in [0.1, 0.15) is 57.0 Å². The van der Waals surface area contributed by atoms with E-state index in [9.17, 15) is 4.79 Å². The number of nitrogens with one attached hydrogen (secondary N) is 1. The standard InChI is InChI=1S/C20H36N4O/c1-6-21-13-18-9-11-23(12-10-18)20(25)8-7-19-16(4)22-24(17(19)5)14-15(2)3/h15,18,21H,6-14H2,1-5H3. The van der Waals surface area contributed by atoms with Crippen LogP contribution in [0.25, 0.3) is 0 Å². The van der Waals surface area contributed by atoms with Gasteiger partial charge in [-0.3, -0.25) is 9.48 Å². The second-order valence-corrected chi connectivity index (χ2v) is 7.86. The minimum Gasteiger partial charge on any atom is -0.343 e. The molecule has 5 nitrogen and oxygen atoms in total. The summed E-state index contributed by atoms with van der Waals surface area (Å²) in [7, 11) is 0. The fraction of sp³-hybridized carbons (Fsp3) is 0.800. The van der Waals surface area contributed by atoms with Crippen LogP contribution < -0.4 is 5.32 Å². The van der Waals surface area contributed by atoms with E-state index in [1.54, 1.807) is 0 Å². The number of nitrogens with zero attached hydrogens (tertiary/aromatic N) is 3. The summed E-state index contributed by atoms with van der Waals surface area (Å²) in [5, 5.41) is 8.09. The van der Waals surface area contributed by atoms with Gasteiger partial charge in [-0.05, 0) is 63.6 Å². The summed E-state index contributed by atoms with van der Waals surface area (Å²) < 4.78 is 2.10. The van der Waals surface area contributed by atoms with Crippen molar-refractivity contribution in [1.82, 2.24) is 20.0 Å². The van der Waals surface area contributed by atoms with E-state index in [2.05, 4.69) is 54.6 Å². The van der Waals surface area contributed by atoms with Gasteiger partial charge in [-0.1, -0.05) is 20.8 Å². The van der Waals surface area contributed by atoms with Gasteiger partial charge in [0.15, 0.2) is 0 Å². The molecular formula is C20H36N4O. The predicted octanol–water partition coefficient (Wildman–Crippen LogP) is 2.94. The van der Waals surface area contributed by atoms with Crippen LogP contribution in [0.15, 0.2) is 0 Å². The van der Waals surface area contributed by atoms with E-state index in [1.807, 2.05) is 0 Å². The predicted molar refractivity (Wildman–Crippen MR) is 103 cm³/mol. The Kier molecular flexibility index (Phi) is 7.48. The van der Waals surface area contributed by atoms with Crippen LogP contribution in [-0.2, 0) is 17.8 Å². The van der Waals surface area contributed by atoms with Crippen LogP contribution >= 0.6 is 0 Å². The lowest BCUT2D eigenvalue weighted by Crippen LogP contribution is -2.40. The maximum atomic E-state index is 12.6. The van der Waals surface area contributed by atoms with Gasteiger partial charge < -0.3 is 10.2 Å². The van der Waals surface area contributed by atoms with Crippen LogP contribution in [0, 0.1) is 25.7 Å². The number of hydrogen-bond donors (Lipinski definition) is 1. The zero-order chi connectivity index (χ0) is 18.4. The SMILES string of the molecule is CCNCC1CCN(C(=O)CCc2c(C)nn(CC(C)C)c2C)CC1. The minimum atomic E-state index is 0.303. The van der Waals surface area contributed by atoms with Crippen LogP contribution in [-0.4, -0.2) is 46.8 Å². The van der Waals surface area contributed by atoms with E-state index in [0.29, 0.717) is 18.2 Å². The monoisotopic (exact) mass is 348 g/mol. The average Bonchev–Trinajstić information content (AvgIpc) is 2.84. The van der Waals surface area contributed by atoms with Crippen molar-refractivity contribution in [1.29, 1.82) is 0 Å². The average molecular weight is 349 g/mol. The number of piperidine rings is 1. The highest BCUT2D eigenvalue weighted by Crippen LogP contribution is 2.20. The molecule has 1 fully saturated rings. The Morgan fingerprint density at radius 3 is 2.56 bits per heavy atom. The third kappa shape index (κ3) is 5.56. The van der Waals surface area contributed by atoms with Gasteiger partial charge in [-0.25, -0.2) is 0 Å². The maximum absolute atomic E-state index is 12.6. The van der Waals surface area contributed by atoms with Crippen molar-refractivity contribution >= 4 is 5.91 Å². The van der Waals surface area contributed by atoms with Crippen molar-refractivity contribution in [2.24, 2.45) is 11.8 Å². The lowest BCUT2D eigenvalue weighted by Gasteiger charge is -2.32. The molecule has 25 heavy (non-hydrogen) atoms. The first kappa shape index (κ1) is 20.0. The molecule has 1 amide bonds. The summed E-state index contributed by atoms with van der Waals surface area (Å²) in [5.74, 6) is 1.61. The van der Waals surface area contributed by atoms with Gasteiger partial charge in [0, 0.05) is 31.7 Å². The van der Waals surface area contributed by atoms with Crippen molar-refractivity contribution < 1.29 is 4.79 Å². The number of likely N-dealkylation sites (tertiary alicyclic amines) is 1. The Bertz CT molecular complexity index is 556. The smallest absolute Gasteiger partial charge is 0.222 e. The molecule has 1 aliphatic rings. The van der Waals surface area contributed by atoms with Crippen molar-refractivity contribution in [2.45, 2.75) is 66.8 Å². The third-order valence-electron chi connectivity index (χ3n) is 5.31. The molecule has 2 heterocycles. The van der Waals surface area contributed by atoms with Crippen LogP contribution in [0.2, 0.25) is 0 Å². The summed E-state index contributed by atoms with van der Waals surface area (Å²) in [4.78, 5) is 14.6.